The van der Waals surface area contributed by atoms with Gasteiger partial charge in [0.15, 0.2) is 0 Å². The van der Waals surface area contributed by atoms with Gasteiger partial charge in [-0.2, -0.15) is 0 Å². The number of nitrogens with zero attached hydrogens (tertiary/aromatic N) is 1. The average molecular weight is 199 g/mol. The zero-order valence-corrected chi connectivity index (χ0v) is 8.53. The van der Waals surface area contributed by atoms with E-state index in [2.05, 4.69) is 4.90 Å². The molecule has 1 unspecified atom stereocenters. The van der Waals surface area contributed by atoms with Gasteiger partial charge in [-0.15, -0.1) is 0 Å². The van der Waals surface area contributed by atoms with Crippen LogP contribution >= 0.6 is 0 Å². The molecule has 0 radical (unpaired) electrons. The van der Waals surface area contributed by atoms with Crippen LogP contribution in [0.1, 0.15) is 19.3 Å². The van der Waals surface area contributed by atoms with Crippen LogP contribution < -0.4 is 0 Å². The minimum atomic E-state index is -0.711. The van der Waals surface area contributed by atoms with E-state index in [4.69, 9.17) is 9.84 Å². The summed E-state index contributed by atoms with van der Waals surface area (Å²) in [5, 5.41) is 9.03. The Morgan fingerprint density at radius 1 is 1.57 bits per heavy atom. The largest absolute Gasteiger partial charge is 0.480 e. The third-order valence-electron chi connectivity index (χ3n) is 3.36. The summed E-state index contributed by atoms with van der Waals surface area (Å²) in [6.45, 7) is 2.49. The molecule has 0 amide bonds. The van der Waals surface area contributed by atoms with Crippen LogP contribution in [-0.2, 0) is 9.53 Å². The maximum absolute atomic E-state index is 11.0. The second-order valence-corrected chi connectivity index (χ2v) is 4.54. The Hall–Kier alpha value is -0.610. The molecule has 1 heterocycles. The molecule has 0 aromatic rings. The van der Waals surface area contributed by atoms with Crippen molar-refractivity contribution >= 4 is 5.97 Å². The number of hydrogen-bond acceptors (Lipinski definition) is 3. The van der Waals surface area contributed by atoms with Gasteiger partial charge in [-0.25, -0.2) is 0 Å². The highest BCUT2D eigenvalue weighted by Gasteiger charge is 2.54. The molecule has 0 aromatic heterocycles. The lowest BCUT2D eigenvalue weighted by Gasteiger charge is -2.43. The minimum absolute atomic E-state index is 0.332. The van der Waals surface area contributed by atoms with E-state index in [9.17, 15) is 4.79 Å². The summed E-state index contributed by atoms with van der Waals surface area (Å²) in [7, 11) is 1.61. The summed E-state index contributed by atoms with van der Waals surface area (Å²) in [5.74, 6) is -0.711. The summed E-state index contributed by atoms with van der Waals surface area (Å²) in [6, 6.07) is -0.332. The molecule has 2 fully saturated rings. The second kappa shape index (κ2) is 3.51. The molecule has 4 heteroatoms. The highest BCUT2D eigenvalue weighted by atomic mass is 16.5. The number of carbonyl (C=O) groups is 1. The zero-order valence-electron chi connectivity index (χ0n) is 8.53. The molecule has 14 heavy (non-hydrogen) atoms. The Morgan fingerprint density at radius 3 is 2.64 bits per heavy atom. The third-order valence-corrected chi connectivity index (χ3v) is 3.36. The van der Waals surface area contributed by atoms with Crippen molar-refractivity contribution in [2.24, 2.45) is 5.41 Å². The van der Waals surface area contributed by atoms with Crippen LogP contribution in [0, 0.1) is 5.41 Å². The van der Waals surface area contributed by atoms with Crippen molar-refractivity contribution in [3.63, 3.8) is 0 Å². The number of methoxy groups -OCH3 is 1. The third kappa shape index (κ3) is 1.77. The lowest BCUT2D eigenvalue weighted by atomic mass is 9.93. The SMILES string of the molecule is COCCC(C(=O)O)N1CC2(CC2)C1. The normalized spacial score (nSPS) is 25.8. The van der Waals surface area contributed by atoms with Crippen molar-refractivity contribution in [1.29, 1.82) is 0 Å². The van der Waals surface area contributed by atoms with Gasteiger partial charge in [0, 0.05) is 26.8 Å². The van der Waals surface area contributed by atoms with Crippen molar-refractivity contribution in [3.8, 4) is 0 Å². The van der Waals surface area contributed by atoms with Crippen molar-refractivity contribution in [1.82, 2.24) is 4.90 Å². The molecule has 1 aliphatic carbocycles. The van der Waals surface area contributed by atoms with E-state index < -0.39 is 5.97 Å². The Bertz CT molecular complexity index is 230. The average Bonchev–Trinajstić information content (AvgIpc) is 2.83. The number of ether oxygens (including phenoxy) is 1. The topological polar surface area (TPSA) is 49.8 Å². The number of hydrogen-bond donors (Lipinski definition) is 1. The van der Waals surface area contributed by atoms with Gasteiger partial charge in [0.2, 0.25) is 0 Å². The van der Waals surface area contributed by atoms with E-state index in [0.29, 0.717) is 18.4 Å². The maximum Gasteiger partial charge on any atom is 0.321 e. The molecule has 4 nitrogen and oxygen atoms in total. The van der Waals surface area contributed by atoms with Crippen molar-refractivity contribution in [2.45, 2.75) is 25.3 Å². The van der Waals surface area contributed by atoms with E-state index in [1.165, 1.54) is 12.8 Å². The van der Waals surface area contributed by atoms with E-state index >= 15 is 0 Å². The number of carboxylic acid groups (broad SMARTS) is 1. The highest BCUT2D eigenvalue weighted by Crippen LogP contribution is 2.53. The van der Waals surface area contributed by atoms with Gasteiger partial charge in [-0.1, -0.05) is 0 Å². The standard InChI is InChI=1S/C10H17NO3/c1-14-5-2-8(9(12)13)11-6-10(7-11)3-4-10/h8H,2-7H2,1H3,(H,12,13). The first-order valence-electron chi connectivity index (χ1n) is 5.13. The Kier molecular flexibility index (Phi) is 2.49. The van der Waals surface area contributed by atoms with Crippen LogP contribution in [0.15, 0.2) is 0 Å². The molecule has 0 aromatic carbocycles. The Balaban J connectivity index is 1.81. The van der Waals surface area contributed by atoms with Crippen molar-refractivity contribution < 1.29 is 14.6 Å². The van der Waals surface area contributed by atoms with Gasteiger partial charge < -0.3 is 9.84 Å². The van der Waals surface area contributed by atoms with Gasteiger partial charge in [0.1, 0.15) is 6.04 Å². The highest BCUT2D eigenvalue weighted by molar-refractivity contribution is 5.73. The molecule has 2 aliphatic rings. The summed E-state index contributed by atoms with van der Waals surface area (Å²) >= 11 is 0. The second-order valence-electron chi connectivity index (χ2n) is 4.54. The van der Waals surface area contributed by atoms with Crippen LogP contribution in [0.25, 0.3) is 0 Å². The van der Waals surface area contributed by atoms with Crippen LogP contribution in [-0.4, -0.2) is 48.8 Å². The van der Waals surface area contributed by atoms with E-state index in [-0.39, 0.29) is 6.04 Å². The monoisotopic (exact) mass is 199 g/mol. The smallest absolute Gasteiger partial charge is 0.321 e. The summed E-state index contributed by atoms with van der Waals surface area (Å²) in [5.41, 5.74) is 0.529. The number of likely N-dealkylation sites (tertiary alicyclic amines) is 1. The quantitative estimate of drug-likeness (QED) is 0.703. The summed E-state index contributed by atoms with van der Waals surface area (Å²) in [4.78, 5) is 13.0. The minimum Gasteiger partial charge on any atom is -0.480 e. The first kappa shape index (κ1) is 9.93. The van der Waals surface area contributed by atoms with E-state index in [1.807, 2.05) is 0 Å². The fourth-order valence-corrected chi connectivity index (χ4v) is 2.22. The number of aliphatic carboxylic acids is 1. The molecule has 80 valence electrons. The maximum atomic E-state index is 11.0. The lowest BCUT2D eigenvalue weighted by molar-refractivity contribution is -0.147. The van der Waals surface area contributed by atoms with Crippen molar-refractivity contribution in [2.75, 3.05) is 26.8 Å². The fraction of sp³-hybridized carbons (Fsp3) is 0.900. The predicted molar refractivity (Wildman–Crippen MR) is 51.2 cm³/mol. The van der Waals surface area contributed by atoms with Crippen molar-refractivity contribution in [3.05, 3.63) is 0 Å². The molecule has 1 spiro atoms. The molecule has 1 aliphatic heterocycles. The predicted octanol–water partition coefficient (Wildman–Crippen LogP) is 0.572. The molecule has 2 rings (SSSR count). The molecule has 1 saturated carbocycles. The van der Waals surface area contributed by atoms with Crippen LogP contribution in [0.4, 0.5) is 0 Å². The summed E-state index contributed by atoms with van der Waals surface area (Å²) in [6.07, 6.45) is 3.18. The van der Waals surface area contributed by atoms with E-state index in [0.717, 1.165) is 13.1 Å². The Morgan fingerprint density at radius 2 is 2.21 bits per heavy atom. The van der Waals surface area contributed by atoms with Gasteiger partial charge >= 0.3 is 5.97 Å². The first-order chi connectivity index (χ1) is 6.67. The van der Waals surface area contributed by atoms with Crippen LogP contribution in [0.2, 0.25) is 0 Å². The molecule has 1 atom stereocenters. The Labute approximate surface area is 83.8 Å². The van der Waals surface area contributed by atoms with Crippen LogP contribution in [0.3, 0.4) is 0 Å². The van der Waals surface area contributed by atoms with Gasteiger partial charge in [0.25, 0.3) is 0 Å². The number of rotatable bonds is 5. The zero-order chi connectivity index (χ0) is 10.2. The number of carboxylic acids is 1. The first-order valence-corrected chi connectivity index (χ1v) is 5.13. The molecule has 0 bridgehead atoms. The van der Waals surface area contributed by atoms with Crippen LogP contribution in [0.5, 0.6) is 0 Å². The fourth-order valence-electron chi connectivity index (χ4n) is 2.22. The van der Waals surface area contributed by atoms with Gasteiger partial charge in [-0.05, 0) is 24.7 Å². The molecular formula is C10H17NO3. The van der Waals surface area contributed by atoms with E-state index in [1.54, 1.807) is 7.11 Å². The molecule has 1 saturated heterocycles. The molecular weight excluding hydrogens is 182 g/mol. The molecule has 1 N–H and O–H groups in total. The van der Waals surface area contributed by atoms with Gasteiger partial charge in [0.05, 0.1) is 0 Å². The summed E-state index contributed by atoms with van der Waals surface area (Å²) < 4.78 is 4.92. The van der Waals surface area contributed by atoms with Gasteiger partial charge in [-0.3, -0.25) is 9.69 Å². The lowest BCUT2D eigenvalue weighted by Crippen LogP contribution is -2.56.